The van der Waals surface area contributed by atoms with Crippen molar-refractivity contribution in [3.8, 4) is 5.75 Å². The third-order valence-electron chi connectivity index (χ3n) is 3.12. The van der Waals surface area contributed by atoms with Crippen molar-refractivity contribution in [2.75, 3.05) is 38.2 Å². The molecule has 0 atom stereocenters. The molecule has 0 saturated heterocycles. The smallest absolute Gasteiger partial charge is 0.121 e. The van der Waals surface area contributed by atoms with Crippen molar-refractivity contribution >= 4 is 12.0 Å². The molecule has 112 valence electrons. The van der Waals surface area contributed by atoms with E-state index in [0.717, 1.165) is 56.8 Å². The quantitative estimate of drug-likeness (QED) is 0.499. The lowest BCUT2D eigenvalue weighted by Crippen LogP contribution is -2.31. The molecule has 1 rings (SSSR count). The van der Waals surface area contributed by atoms with Crippen LogP contribution in [0.15, 0.2) is 24.3 Å². The topological polar surface area (TPSA) is 41.6 Å². The summed E-state index contributed by atoms with van der Waals surface area (Å²) in [5.74, 6) is 0.908. The average Bonchev–Trinajstić information content (AvgIpc) is 2.49. The second-order valence-electron chi connectivity index (χ2n) is 4.74. The van der Waals surface area contributed by atoms with Gasteiger partial charge in [-0.1, -0.05) is 13.3 Å². The number of hydrogen-bond acceptors (Lipinski definition) is 4. The number of ether oxygens (including phenoxy) is 1. The standard InChI is InChI=1S/C16H26N2O2/c1-3-4-14-20-16-8-6-15(7-9-16)18(11-5-13-19)12-10-17-2/h6-9,13,17H,3-5,10-12,14H2,1-2H3. The molecule has 1 aromatic carbocycles. The highest BCUT2D eigenvalue weighted by Gasteiger charge is 2.05. The van der Waals surface area contributed by atoms with Crippen LogP contribution >= 0.6 is 0 Å². The molecule has 4 heteroatoms. The van der Waals surface area contributed by atoms with Crippen LogP contribution in [0.1, 0.15) is 26.2 Å². The van der Waals surface area contributed by atoms with Crippen LogP contribution in [0.3, 0.4) is 0 Å². The van der Waals surface area contributed by atoms with Crippen LogP contribution < -0.4 is 15.0 Å². The van der Waals surface area contributed by atoms with Crippen molar-refractivity contribution in [1.29, 1.82) is 0 Å². The Kier molecular flexibility index (Phi) is 8.47. The minimum absolute atomic E-state index is 0.554. The number of rotatable bonds is 11. The van der Waals surface area contributed by atoms with E-state index >= 15 is 0 Å². The van der Waals surface area contributed by atoms with Gasteiger partial charge in [-0.15, -0.1) is 0 Å². The van der Waals surface area contributed by atoms with E-state index < -0.39 is 0 Å². The fraction of sp³-hybridized carbons (Fsp3) is 0.562. The number of hydrogen-bond donors (Lipinski definition) is 1. The Hall–Kier alpha value is -1.55. The first-order chi connectivity index (χ1) is 9.81. The molecule has 1 N–H and O–H groups in total. The van der Waals surface area contributed by atoms with Crippen LogP contribution in [-0.2, 0) is 4.79 Å². The number of nitrogens with one attached hydrogen (secondary N) is 1. The summed E-state index contributed by atoms with van der Waals surface area (Å²) in [6.45, 7) is 5.46. The minimum atomic E-state index is 0.554. The molecule has 1 aromatic rings. The number of aldehydes is 1. The molecule has 0 unspecified atom stereocenters. The third kappa shape index (κ3) is 6.06. The summed E-state index contributed by atoms with van der Waals surface area (Å²) in [6.07, 6.45) is 3.74. The maximum atomic E-state index is 10.6. The molecule has 0 amide bonds. The molecule has 0 saturated carbocycles. The van der Waals surface area contributed by atoms with E-state index in [4.69, 9.17) is 4.74 Å². The third-order valence-corrected chi connectivity index (χ3v) is 3.12. The van der Waals surface area contributed by atoms with Crippen LogP contribution in [0.5, 0.6) is 5.75 Å². The molecular weight excluding hydrogens is 252 g/mol. The van der Waals surface area contributed by atoms with Crippen molar-refractivity contribution in [2.45, 2.75) is 26.2 Å². The SMILES string of the molecule is CCCCOc1ccc(N(CCC=O)CCNC)cc1. The summed E-state index contributed by atoms with van der Waals surface area (Å²) >= 11 is 0. The van der Waals surface area contributed by atoms with Gasteiger partial charge in [0, 0.05) is 31.7 Å². The first kappa shape index (κ1) is 16.5. The minimum Gasteiger partial charge on any atom is -0.494 e. The molecule has 0 aliphatic heterocycles. The molecule has 0 aromatic heterocycles. The van der Waals surface area contributed by atoms with E-state index in [-0.39, 0.29) is 0 Å². The normalized spacial score (nSPS) is 10.3. The molecule has 0 fully saturated rings. The van der Waals surface area contributed by atoms with Crippen molar-refractivity contribution < 1.29 is 9.53 Å². The predicted molar refractivity (Wildman–Crippen MR) is 83.7 cm³/mol. The summed E-state index contributed by atoms with van der Waals surface area (Å²) in [5, 5.41) is 3.14. The number of benzene rings is 1. The number of unbranched alkanes of at least 4 members (excludes halogenated alkanes) is 1. The highest BCUT2D eigenvalue weighted by atomic mass is 16.5. The number of nitrogens with zero attached hydrogens (tertiary/aromatic N) is 1. The Morgan fingerprint density at radius 1 is 1.25 bits per heavy atom. The van der Waals surface area contributed by atoms with E-state index in [0.29, 0.717) is 6.42 Å². The number of carbonyl (C=O) groups is 1. The fourth-order valence-electron chi connectivity index (χ4n) is 1.91. The molecule has 0 radical (unpaired) electrons. The average molecular weight is 278 g/mol. The van der Waals surface area contributed by atoms with Gasteiger partial charge in [0.2, 0.25) is 0 Å². The van der Waals surface area contributed by atoms with Crippen LogP contribution in [0.2, 0.25) is 0 Å². The zero-order valence-corrected chi connectivity index (χ0v) is 12.6. The zero-order valence-electron chi connectivity index (χ0n) is 12.6. The van der Waals surface area contributed by atoms with Gasteiger partial charge >= 0.3 is 0 Å². The van der Waals surface area contributed by atoms with E-state index in [9.17, 15) is 4.79 Å². The Bertz CT molecular complexity index is 365. The number of likely N-dealkylation sites (N-methyl/N-ethyl adjacent to an activating group) is 1. The Morgan fingerprint density at radius 3 is 2.60 bits per heavy atom. The highest BCUT2D eigenvalue weighted by Crippen LogP contribution is 2.19. The number of carbonyl (C=O) groups excluding carboxylic acids is 1. The van der Waals surface area contributed by atoms with Crippen LogP contribution in [0.4, 0.5) is 5.69 Å². The van der Waals surface area contributed by atoms with Gasteiger partial charge < -0.3 is 19.7 Å². The van der Waals surface area contributed by atoms with Gasteiger partial charge in [0.25, 0.3) is 0 Å². The van der Waals surface area contributed by atoms with Crippen molar-refractivity contribution in [2.24, 2.45) is 0 Å². The zero-order chi connectivity index (χ0) is 14.6. The number of anilines is 1. The van der Waals surface area contributed by atoms with Gasteiger partial charge in [-0.2, -0.15) is 0 Å². The molecule has 4 nitrogen and oxygen atoms in total. The molecule has 0 spiro atoms. The molecule has 0 aliphatic carbocycles. The van der Waals surface area contributed by atoms with Crippen LogP contribution in [0, 0.1) is 0 Å². The van der Waals surface area contributed by atoms with E-state index in [1.54, 1.807) is 0 Å². The molecule has 0 heterocycles. The van der Waals surface area contributed by atoms with Crippen LogP contribution in [0.25, 0.3) is 0 Å². The lowest BCUT2D eigenvalue weighted by atomic mass is 10.2. The van der Waals surface area contributed by atoms with Gasteiger partial charge in [-0.3, -0.25) is 0 Å². The molecular formula is C16H26N2O2. The lowest BCUT2D eigenvalue weighted by molar-refractivity contribution is -0.107. The first-order valence-corrected chi connectivity index (χ1v) is 7.37. The second kappa shape index (κ2) is 10.3. The summed E-state index contributed by atoms with van der Waals surface area (Å²) < 4.78 is 5.66. The van der Waals surface area contributed by atoms with Crippen LogP contribution in [-0.4, -0.2) is 39.6 Å². The van der Waals surface area contributed by atoms with Crippen molar-refractivity contribution in [3.63, 3.8) is 0 Å². The van der Waals surface area contributed by atoms with Gasteiger partial charge in [0.15, 0.2) is 0 Å². The maximum absolute atomic E-state index is 10.6. The summed E-state index contributed by atoms with van der Waals surface area (Å²) in [4.78, 5) is 12.8. The fourth-order valence-corrected chi connectivity index (χ4v) is 1.91. The summed E-state index contributed by atoms with van der Waals surface area (Å²) in [7, 11) is 1.93. The molecule has 20 heavy (non-hydrogen) atoms. The van der Waals surface area contributed by atoms with Crippen molar-refractivity contribution in [1.82, 2.24) is 5.32 Å². The largest absolute Gasteiger partial charge is 0.494 e. The highest BCUT2D eigenvalue weighted by molar-refractivity contribution is 5.53. The van der Waals surface area contributed by atoms with Gasteiger partial charge in [0.1, 0.15) is 12.0 Å². The Labute approximate surface area is 122 Å². The van der Waals surface area contributed by atoms with E-state index in [2.05, 4.69) is 29.3 Å². The maximum Gasteiger partial charge on any atom is 0.121 e. The Morgan fingerprint density at radius 2 is 2.00 bits per heavy atom. The van der Waals surface area contributed by atoms with E-state index in [1.165, 1.54) is 0 Å². The summed E-state index contributed by atoms with van der Waals surface area (Å²) in [6, 6.07) is 8.11. The molecule has 0 aliphatic rings. The first-order valence-electron chi connectivity index (χ1n) is 7.37. The summed E-state index contributed by atoms with van der Waals surface area (Å²) in [5.41, 5.74) is 1.13. The Balaban J connectivity index is 2.58. The second-order valence-corrected chi connectivity index (χ2v) is 4.74. The van der Waals surface area contributed by atoms with Crippen molar-refractivity contribution in [3.05, 3.63) is 24.3 Å². The predicted octanol–water partition coefficient (Wildman–Crippen LogP) is 2.48. The van der Waals surface area contributed by atoms with E-state index in [1.807, 2.05) is 19.2 Å². The lowest BCUT2D eigenvalue weighted by Gasteiger charge is -2.24. The molecule has 0 bridgehead atoms. The van der Waals surface area contributed by atoms with Gasteiger partial charge in [-0.05, 0) is 37.7 Å². The monoisotopic (exact) mass is 278 g/mol. The van der Waals surface area contributed by atoms with Gasteiger partial charge in [0.05, 0.1) is 6.61 Å². The van der Waals surface area contributed by atoms with Gasteiger partial charge in [-0.25, -0.2) is 0 Å².